The summed E-state index contributed by atoms with van der Waals surface area (Å²) in [5, 5.41) is 11.6. The molecule has 3 rings (SSSR count). The van der Waals surface area contributed by atoms with Gasteiger partial charge in [0.1, 0.15) is 5.75 Å². The van der Waals surface area contributed by atoms with Crippen molar-refractivity contribution in [2.24, 2.45) is 5.10 Å². The van der Waals surface area contributed by atoms with E-state index in [4.69, 9.17) is 17.0 Å². The zero-order valence-corrected chi connectivity index (χ0v) is 16.5. The van der Waals surface area contributed by atoms with Crippen LogP contribution in [0, 0.1) is 11.7 Å². The number of aromatic nitrogens is 3. The number of hydrogen-bond acceptors (Lipinski definition) is 4. The molecule has 0 atom stereocenters. The van der Waals surface area contributed by atoms with Crippen molar-refractivity contribution in [1.29, 1.82) is 0 Å². The zero-order chi connectivity index (χ0) is 19.1. The summed E-state index contributed by atoms with van der Waals surface area (Å²) in [4.78, 5) is 0. The molecule has 0 spiro atoms. The zero-order valence-electron chi connectivity index (χ0n) is 15.7. The molecule has 1 N–H and O–H groups in total. The lowest BCUT2D eigenvalue weighted by Gasteiger charge is -2.05. The maximum Gasteiger partial charge on any atom is 0.216 e. The average Bonchev–Trinajstić information content (AvgIpc) is 3.06. The highest BCUT2D eigenvalue weighted by Gasteiger charge is 2.07. The van der Waals surface area contributed by atoms with Crippen molar-refractivity contribution < 1.29 is 4.74 Å². The Kier molecular flexibility index (Phi) is 6.54. The summed E-state index contributed by atoms with van der Waals surface area (Å²) in [6.07, 6.45) is 5.24. The van der Waals surface area contributed by atoms with Gasteiger partial charge in [-0.2, -0.15) is 14.9 Å². The Morgan fingerprint density at radius 2 is 1.85 bits per heavy atom. The van der Waals surface area contributed by atoms with Crippen molar-refractivity contribution in [1.82, 2.24) is 14.9 Å². The second kappa shape index (κ2) is 9.28. The van der Waals surface area contributed by atoms with E-state index in [9.17, 15) is 0 Å². The largest absolute Gasteiger partial charge is 0.494 e. The predicted molar refractivity (Wildman–Crippen MR) is 112 cm³/mol. The lowest BCUT2D eigenvalue weighted by Crippen LogP contribution is -1.97. The first-order chi connectivity index (χ1) is 13.2. The molecule has 0 bridgehead atoms. The quantitative estimate of drug-likeness (QED) is 0.325. The number of nitrogens with one attached hydrogen (secondary N) is 1. The van der Waals surface area contributed by atoms with Crippen LogP contribution in [0.1, 0.15) is 37.3 Å². The van der Waals surface area contributed by atoms with Crippen LogP contribution in [0.3, 0.4) is 0 Å². The van der Waals surface area contributed by atoms with E-state index in [0.717, 1.165) is 29.9 Å². The fraction of sp³-hybridized carbons (Fsp3) is 0.286. The van der Waals surface area contributed by atoms with E-state index in [2.05, 4.69) is 29.1 Å². The van der Waals surface area contributed by atoms with Crippen molar-refractivity contribution in [2.45, 2.75) is 33.1 Å². The summed E-state index contributed by atoms with van der Waals surface area (Å²) < 4.78 is 7.83. The minimum absolute atomic E-state index is 0.456. The molecule has 1 heterocycles. The third kappa shape index (κ3) is 5.14. The Balaban J connectivity index is 1.72. The molecule has 0 radical (unpaired) electrons. The Labute approximate surface area is 164 Å². The van der Waals surface area contributed by atoms with Gasteiger partial charge >= 0.3 is 0 Å². The highest BCUT2D eigenvalue weighted by atomic mass is 32.1. The van der Waals surface area contributed by atoms with Gasteiger partial charge in [0.25, 0.3) is 0 Å². The van der Waals surface area contributed by atoms with E-state index in [1.54, 1.807) is 10.9 Å². The van der Waals surface area contributed by atoms with Crippen molar-refractivity contribution in [3.63, 3.8) is 0 Å². The van der Waals surface area contributed by atoms with Crippen LogP contribution in [0.15, 0.2) is 53.6 Å². The van der Waals surface area contributed by atoms with Crippen LogP contribution >= 0.6 is 12.2 Å². The normalized spacial score (nSPS) is 11.2. The molecule has 140 valence electrons. The summed E-state index contributed by atoms with van der Waals surface area (Å²) in [5.74, 6) is 1.57. The van der Waals surface area contributed by atoms with Crippen LogP contribution in [0.2, 0.25) is 0 Å². The molecule has 0 amide bonds. The Bertz CT molecular complexity index is 940. The highest BCUT2D eigenvalue weighted by Crippen LogP contribution is 2.18. The van der Waals surface area contributed by atoms with Gasteiger partial charge in [0.05, 0.1) is 12.8 Å². The molecule has 0 aliphatic rings. The smallest absolute Gasteiger partial charge is 0.216 e. The van der Waals surface area contributed by atoms with Crippen LogP contribution in [0.5, 0.6) is 5.75 Å². The number of rotatable bonds is 8. The number of unbranched alkanes of at least 4 members (excludes halogenated alkanes) is 2. The van der Waals surface area contributed by atoms with Gasteiger partial charge in [-0.3, -0.25) is 0 Å². The Morgan fingerprint density at radius 3 is 2.56 bits per heavy atom. The maximum absolute atomic E-state index is 5.74. The molecule has 0 saturated carbocycles. The van der Waals surface area contributed by atoms with E-state index in [0.29, 0.717) is 10.6 Å². The lowest BCUT2D eigenvalue weighted by molar-refractivity contribution is 0.306. The summed E-state index contributed by atoms with van der Waals surface area (Å²) in [7, 11) is 0. The molecule has 0 aliphatic carbocycles. The van der Waals surface area contributed by atoms with E-state index >= 15 is 0 Å². The molecule has 5 nitrogen and oxygen atoms in total. The molecule has 6 heteroatoms. The fourth-order valence-electron chi connectivity index (χ4n) is 2.60. The molecule has 0 aliphatic heterocycles. The first-order valence-corrected chi connectivity index (χ1v) is 9.60. The van der Waals surface area contributed by atoms with Crippen LogP contribution in [-0.4, -0.2) is 27.7 Å². The number of ether oxygens (including phenoxy) is 1. The SMILES string of the molecule is CCCCCOc1ccc(/C=N/n2c(-c3ccc(C)cc3)n[nH]c2=S)cc1. The van der Waals surface area contributed by atoms with Crippen molar-refractivity contribution in [3.05, 3.63) is 64.4 Å². The van der Waals surface area contributed by atoms with E-state index in [1.807, 2.05) is 48.5 Å². The van der Waals surface area contributed by atoms with Crippen molar-refractivity contribution in [2.75, 3.05) is 6.61 Å². The van der Waals surface area contributed by atoms with Gasteiger partial charge in [-0.05, 0) is 55.4 Å². The van der Waals surface area contributed by atoms with Gasteiger partial charge in [-0.15, -0.1) is 0 Å². The standard InChI is InChI=1S/C21H24N4OS/c1-3-4-5-14-26-19-12-8-17(9-13-19)15-22-25-20(23-24-21(25)27)18-10-6-16(2)7-11-18/h6-13,15H,3-5,14H2,1-2H3,(H,24,27)/b22-15+. The number of nitrogens with zero attached hydrogens (tertiary/aromatic N) is 3. The third-order valence-corrected chi connectivity index (χ3v) is 4.44. The van der Waals surface area contributed by atoms with Gasteiger partial charge in [0.15, 0.2) is 5.82 Å². The lowest BCUT2D eigenvalue weighted by atomic mass is 10.1. The molecular weight excluding hydrogens is 356 g/mol. The third-order valence-electron chi connectivity index (χ3n) is 4.18. The molecule has 0 saturated heterocycles. The Hall–Kier alpha value is -2.73. The van der Waals surface area contributed by atoms with E-state index in [1.165, 1.54) is 18.4 Å². The van der Waals surface area contributed by atoms with Crippen LogP contribution in [0.4, 0.5) is 0 Å². The molecule has 1 aromatic heterocycles. The van der Waals surface area contributed by atoms with Crippen molar-refractivity contribution in [3.8, 4) is 17.1 Å². The number of hydrogen-bond donors (Lipinski definition) is 1. The predicted octanol–water partition coefficient (Wildman–Crippen LogP) is 5.37. The minimum Gasteiger partial charge on any atom is -0.494 e. The second-order valence-corrected chi connectivity index (χ2v) is 6.79. The Morgan fingerprint density at radius 1 is 1.11 bits per heavy atom. The van der Waals surface area contributed by atoms with Gasteiger partial charge < -0.3 is 4.74 Å². The number of aryl methyl sites for hydroxylation is 1. The number of benzene rings is 2. The summed E-state index contributed by atoms with van der Waals surface area (Å²) in [6.45, 7) is 4.99. The summed E-state index contributed by atoms with van der Waals surface area (Å²) in [5.41, 5.74) is 3.12. The molecule has 3 aromatic rings. The van der Waals surface area contributed by atoms with Crippen LogP contribution < -0.4 is 4.74 Å². The first kappa shape index (κ1) is 19.0. The topological polar surface area (TPSA) is 55.2 Å². The van der Waals surface area contributed by atoms with Gasteiger partial charge in [0, 0.05) is 5.56 Å². The van der Waals surface area contributed by atoms with Crippen LogP contribution in [0.25, 0.3) is 11.4 Å². The summed E-state index contributed by atoms with van der Waals surface area (Å²) in [6, 6.07) is 16.0. The number of aromatic amines is 1. The monoisotopic (exact) mass is 380 g/mol. The second-order valence-electron chi connectivity index (χ2n) is 6.40. The summed E-state index contributed by atoms with van der Waals surface area (Å²) >= 11 is 5.32. The van der Waals surface area contributed by atoms with Gasteiger partial charge in [-0.1, -0.05) is 49.6 Å². The molecule has 0 unspecified atom stereocenters. The van der Waals surface area contributed by atoms with Crippen LogP contribution in [-0.2, 0) is 0 Å². The minimum atomic E-state index is 0.456. The molecule has 27 heavy (non-hydrogen) atoms. The van der Waals surface area contributed by atoms with E-state index in [-0.39, 0.29) is 0 Å². The van der Waals surface area contributed by atoms with Gasteiger partial charge in [0.2, 0.25) is 4.77 Å². The average molecular weight is 381 g/mol. The molecule has 2 aromatic carbocycles. The first-order valence-electron chi connectivity index (χ1n) is 9.19. The molecular formula is C21H24N4OS. The number of H-pyrrole nitrogens is 1. The van der Waals surface area contributed by atoms with E-state index < -0.39 is 0 Å². The maximum atomic E-state index is 5.74. The van der Waals surface area contributed by atoms with Gasteiger partial charge in [-0.25, -0.2) is 5.10 Å². The highest BCUT2D eigenvalue weighted by molar-refractivity contribution is 7.71. The van der Waals surface area contributed by atoms with Crippen molar-refractivity contribution >= 4 is 18.4 Å². The molecule has 0 fully saturated rings. The fourth-order valence-corrected chi connectivity index (χ4v) is 2.78.